The first-order valence-corrected chi connectivity index (χ1v) is 9.49. The number of carbonyl (C=O) groups excluding carboxylic acids is 1. The third-order valence-corrected chi connectivity index (χ3v) is 4.18. The molecular weight excluding hydrogens is 414 g/mol. The number of hydrogen-bond donors (Lipinski definition) is 3. The highest BCUT2D eigenvalue weighted by atomic mass is 16.5. The molecule has 12 nitrogen and oxygen atoms in total. The van der Waals surface area contributed by atoms with E-state index in [2.05, 4.69) is 37.1 Å². The van der Waals surface area contributed by atoms with Gasteiger partial charge in [-0.25, -0.2) is 9.97 Å². The topological polar surface area (TPSA) is 173 Å². The monoisotopic (exact) mass is 437 g/mol. The van der Waals surface area contributed by atoms with Crippen molar-refractivity contribution in [1.29, 1.82) is 0 Å². The van der Waals surface area contributed by atoms with Crippen LogP contribution in [0.3, 0.4) is 0 Å². The zero-order chi connectivity index (χ0) is 22.9. The molecule has 3 rings (SSSR count). The Labute approximate surface area is 183 Å². The van der Waals surface area contributed by atoms with E-state index >= 15 is 0 Å². The van der Waals surface area contributed by atoms with Crippen molar-refractivity contribution in [3.05, 3.63) is 61.1 Å². The molecule has 0 atom stereocenters. The minimum Gasteiger partial charge on any atom is -0.404 e. The van der Waals surface area contributed by atoms with Crippen molar-refractivity contribution >= 4 is 23.0 Å². The summed E-state index contributed by atoms with van der Waals surface area (Å²) in [6.07, 6.45) is 11.1. The highest BCUT2D eigenvalue weighted by Crippen LogP contribution is 2.21. The molecule has 5 N–H and O–H groups in total. The van der Waals surface area contributed by atoms with Gasteiger partial charge in [0, 0.05) is 49.6 Å². The maximum atomic E-state index is 11.9. The number of aromatic nitrogens is 6. The summed E-state index contributed by atoms with van der Waals surface area (Å²) < 4.78 is 11.7. The zero-order valence-corrected chi connectivity index (χ0v) is 17.4. The number of nitrogens with zero attached hydrogens (tertiary/aromatic N) is 6. The SMILES string of the molecule is C=C(/C=C\C(=C/N)c1noc(-c2cnn(CC(=O)NCCOC)c2)n1)c1cnc(N)nc1. The van der Waals surface area contributed by atoms with Gasteiger partial charge in [-0.3, -0.25) is 9.48 Å². The Morgan fingerprint density at radius 1 is 1.31 bits per heavy atom. The van der Waals surface area contributed by atoms with Gasteiger partial charge in [-0.15, -0.1) is 0 Å². The van der Waals surface area contributed by atoms with Crippen LogP contribution in [0.25, 0.3) is 22.6 Å². The second kappa shape index (κ2) is 10.6. The van der Waals surface area contributed by atoms with Gasteiger partial charge in [-0.2, -0.15) is 10.1 Å². The molecule has 0 bridgehead atoms. The van der Waals surface area contributed by atoms with E-state index in [1.165, 1.54) is 17.1 Å². The van der Waals surface area contributed by atoms with Crippen LogP contribution in [0, 0.1) is 0 Å². The molecule has 0 saturated carbocycles. The summed E-state index contributed by atoms with van der Waals surface area (Å²) in [7, 11) is 1.57. The van der Waals surface area contributed by atoms with Crippen molar-refractivity contribution in [2.45, 2.75) is 6.54 Å². The first-order valence-electron chi connectivity index (χ1n) is 9.49. The second-order valence-corrected chi connectivity index (χ2v) is 6.50. The van der Waals surface area contributed by atoms with E-state index in [4.69, 9.17) is 20.7 Å². The lowest BCUT2D eigenvalue weighted by molar-refractivity contribution is -0.122. The van der Waals surface area contributed by atoms with Crippen LogP contribution in [-0.4, -0.2) is 56.1 Å². The van der Waals surface area contributed by atoms with E-state index in [1.807, 2.05) is 0 Å². The van der Waals surface area contributed by atoms with Crippen molar-refractivity contribution in [3.8, 4) is 11.5 Å². The van der Waals surface area contributed by atoms with E-state index < -0.39 is 0 Å². The van der Waals surface area contributed by atoms with Crippen LogP contribution in [0.1, 0.15) is 11.4 Å². The Balaban J connectivity index is 1.65. The average molecular weight is 437 g/mol. The summed E-state index contributed by atoms with van der Waals surface area (Å²) in [6.45, 7) is 4.88. The maximum absolute atomic E-state index is 11.9. The molecule has 0 aromatic carbocycles. The van der Waals surface area contributed by atoms with Crippen molar-refractivity contribution in [2.75, 3.05) is 26.0 Å². The number of hydrogen-bond acceptors (Lipinski definition) is 10. The van der Waals surface area contributed by atoms with Crippen LogP contribution in [0.15, 0.2) is 54.2 Å². The van der Waals surface area contributed by atoms with E-state index in [1.54, 1.807) is 37.9 Å². The molecule has 0 aliphatic heterocycles. The number of carbonyl (C=O) groups is 1. The van der Waals surface area contributed by atoms with Gasteiger partial charge in [-0.1, -0.05) is 17.8 Å². The third kappa shape index (κ3) is 5.86. The lowest BCUT2D eigenvalue weighted by Crippen LogP contribution is -2.30. The Morgan fingerprint density at radius 2 is 2.09 bits per heavy atom. The van der Waals surface area contributed by atoms with Crippen molar-refractivity contribution in [3.63, 3.8) is 0 Å². The van der Waals surface area contributed by atoms with Gasteiger partial charge in [-0.05, 0) is 11.6 Å². The van der Waals surface area contributed by atoms with Crippen LogP contribution >= 0.6 is 0 Å². The standard InChI is InChI=1S/C20H23N9O3/c1-13(15-8-24-20(22)25-9-15)3-4-14(7-21)18-27-19(32-28-18)16-10-26-29(11-16)12-17(30)23-5-6-31-2/h3-4,7-11H,1,5-6,12,21H2,2H3,(H,23,30)(H2,22,24,25)/b4-3-,14-7+. The summed E-state index contributed by atoms with van der Waals surface area (Å²) >= 11 is 0. The van der Waals surface area contributed by atoms with Gasteiger partial charge in [0.2, 0.25) is 17.7 Å². The van der Waals surface area contributed by atoms with Gasteiger partial charge in [0.25, 0.3) is 5.89 Å². The second-order valence-electron chi connectivity index (χ2n) is 6.50. The van der Waals surface area contributed by atoms with Gasteiger partial charge in [0.1, 0.15) is 6.54 Å². The van der Waals surface area contributed by atoms with Crippen LogP contribution < -0.4 is 16.8 Å². The Kier molecular flexibility index (Phi) is 7.43. The number of ether oxygens (including phenoxy) is 1. The molecule has 0 aliphatic rings. The maximum Gasteiger partial charge on any atom is 0.261 e. The molecule has 3 aromatic heterocycles. The molecule has 0 saturated heterocycles. The fourth-order valence-electron chi connectivity index (χ4n) is 2.51. The molecule has 0 aliphatic carbocycles. The predicted molar refractivity (Wildman–Crippen MR) is 117 cm³/mol. The molecule has 0 fully saturated rings. The van der Waals surface area contributed by atoms with E-state index in [-0.39, 0.29) is 30.1 Å². The summed E-state index contributed by atoms with van der Waals surface area (Å²) in [4.78, 5) is 24.1. The minimum atomic E-state index is -0.187. The average Bonchev–Trinajstić information content (AvgIpc) is 3.45. The lowest BCUT2D eigenvalue weighted by atomic mass is 10.1. The molecule has 0 unspecified atom stereocenters. The minimum absolute atomic E-state index is 0.0539. The Morgan fingerprint density at radius 3 is 2.81 bits per heavy atom. The zero-order valence-electron chi connectivity index (χ0n) is 17.4. The highest BCUT2D eigenvalue weighted by molar-refractivity contribution is 5.78. The largest absolute Gasteiger partial charge is 0.404 e. The van der Waals surface area contributed by atoms with Gasteiger partial charge >= 0.3 is 0 Å². The third-order valence-electron chi connectivity index (χ3n) is 4.18. The van der Waals surface area contributed by atoms with Gasteiger partial charge in [0.05, 0.1) is 18.4 Å². The molecular formula is C20H23N9O3. The highest BCUT2D eigenvalue weighted by Gasteiger charge is 2.14. The first kappa shape index (κ1) is 22.4. The molecule has 0 radical (unpaired) electrons. The molecule has 12 heteroatoms. The number of nitrogen functional groups attached to an aromatic ring is 1. The number of rotatable bonds is 10. The molecule has 166 valence electrons. The molecule has 3 aromatic rings. The van der Waals surface area contributed by atoms with Crippen molar-refractivity contribution in [2.24, 2.45) is 5.73 Å². The Hall–Kier alpha value is -4.32. The van der Waals surface area contributed by atoms with Crippen LogP contribution in [0.5, 0.6) is 0 Å². The summed E-state index contributed by atoms with van der Waals surface area (Å²) in [5.74, 6) is 0.519. The molecule has 32 heavy (non-hydrogen) atoms. The summed E-state index contributed by atoms with van der Waals surface area (Å²) in [5, 5.41) is 10.8. The summed E-state index contributed by atoms with van der Waals surface area (Å²) in [5.41, 5.74) is 13.7. The number of nitrogens with two attached hydrogens (primary N) is 2. The number of methoxy groups -OCH3 is 1. The fourth-order valence-corrected chi connectivity index (χ4v) is 2.51. The number of allylic oxidation sites excluding steroid dienone is 4. The van der Waals surface area contributed by atoms with Gasteiger partial charge < -0.3 is 26.0 Å². The van der Waals surface area contributed by atoms with Gasteiger partial charge in [0.15, 0.2) is 0 Å². The van der Waals surface area contributed by atoms with Crippen LogP contribution in [0.4, 0.5) is 5.95 Å². The number of amides is 1. The summed E-state index contributed by atoms with van der Waals surface area (Å²) in [6, 6.07) is 0. The van der Waals surface area contributed by atoms with Crippen molar-refractivity contribution in [1.82, 2.24) is 35.2 Å². The van der Waals surface area contributed by atoms with Crippen LogP contribution in [0.2, 0.25) is 0 Å². The van der Waals surface area contributed by atoms with E-state index in [9.17, 15) is 4.79 Å². The van der Waals surface area contributed by atoms with Crippen LogP contribution in [-0.2, 0) is 16.1 Å². The smallest absolute Gasteiger partial charge is 0.261 e. The normalized spacial score (nSPS) is 11.7. The molecule has 3 heterocycles. The Bertz CT molecular complexity index is 1130. The number of nitrogens with one attached hydrogen (secondary N) is 1. The fraction of sp³-hybridized carbons (Fsp3) is 0.200. The lowest BCUT2D eigenvalue weighted by Gasteiger charge is -2.03. The predicted octanol–water partition coefficient (Wildman–Crippen LogP) is 0.637. The van der Waals surface area contributed by atoms with E-state index in [0.29, 0.717) is 35.4 Å². The molecule has 1 amide bonds. The van der Waals surface area contributed by atoms with Crippen molar-refractivity contribution < 1.29 is 14.1 Å². The quantitative estimate of drug-likeness (QED) is 0.302. The molecule has 0 spiro atoms. The van der Waals surface area contributed by atoms with E-state index in [0.717, 1.165) is 0 Å². The number of anilines is 1. The first-order chi connectivity index (χ1) is 15.5.